The van der Waals surface area contributed by atoms with E-state index in [4.69, 9.17) is 10.5 Å². The zero-order chi connectivity index (χ0) is 17.4. The maximum atomic E-state index is 11.1. The van der Waals surface area contributed by atoms with E-state index in [-0.39, 0.29) is 5.91 Å². The fourth-order valence-electron chi connectivity index (χ4n) is 3.01. The van der Waals surface area contributed by atoms with E-state index in [1.807, 2.05) is 24.3 Å². The lowest BCUT2D eigenvalue weighted by Gasteiger charge is -2.34. The molecular weight excluding hydrogens is 304 g/mol. The molecule has 0 aromatic heterocycles. The molecule has 1 fully saturated rings. The van der Waals surface area contributed by atoms with Crippen molar-refractivity contribution in [2.75, 3.05) is 33.3 Å². The third-order valence-electron chi connectivity index (χ3n) is 4.20. The minimum absolute atomic E-state index is 0.226. The second-order valence-corrected chi connectivity index (χ2v) is 6.26. The molecule has 0 spiro atoms. The van der Waals surface area contributed by atoms with Crippen LogP contribution in [0.2, 0.25) is 0 Å². The molecule has 0 bridgehead atoms. The average molecular weight is 332 g/mol. The van der Waals surface area contributed by atoms with Crippen LogP contribution in [0.5, 0.6) is 5.75 Å². The summed E-state index contributed by atoms with van der Waals surface area (Å²) in [4.78, 5) is 17.7. The van der Waals surface area contributed by atoms with Crippen LogP contribution in [0.1, 0.15) is 24.8 Å². The summed E-state index contributed by atoms with van der Waals surface area (Å²) in [6, 6.07) is 8.02. The second kappa shape index (κ2) is 9.15. The Balaban J connectivity index is 1.75. The van der Waals surface area contributed by atoms with E-state index >= 15 is 0 Å². The zero-order valence-electron chi connectivity index (χ0n) is 14.6. The molecule has 3 N–H and O–H groups in total. The molecule has 6 heteroatoms. The van der Waals surface area contributed by atoms with Gasteiger partial charge in [-0.15, -0.1) is 0 Å². The highest BCUT2D eigenvalue weighted by Gasteiger charge is 2.23. The number of guanidine groups is 1. The molecule has 1 saturated heterocycles. The Bertz CT molecular complexity index is 557. The summed E-state index contributed by atoms with van der Waals surface area (Å²) in [5.74, 6) is 1.82. The van der Waals surface area contributed by atoms with E-state index in [1.165, 1.54) is 5.56 Å². The van der Waals surface area contributed by atoms with Gasteiger partial charge in [0.25, 0.3) is 0 Å². The number of carbonyl (C=O) groups excluding carboxylic acids is 1. The van der Waals surface area contributed by atoms with Crippen molar-refractivity contribution >= 4 is 11.9 Å². The highest BCUT2D eigenvalue weighted by atomic mass is 16.5. The Labute approximate surface area is 144 Å². The number of carbonyl (C=O) groups is 1. The Kier molecular flexibility index (Phi) is 6.90. The van der Waals surface area contributed by atoms with Crippen molar-refractivity contribution < 1.29 is 9.53 Å². The third-order valence-corrected chi connectivity index (χ3v) is 4.20. The maximum Gasteiger partial charge on any atom is 0.217 e. The molecule has 0 radical (unpaired) electrons. The average Bonchev–Trinajstić information content (AvgIpc) is 2.56. The summed E-state index contributed by atoms with van der Waals surface area (Å²) in [5, 5.41) is 3.33. The number of aryl methyl sites for hydroxylation is 1. The van der Waals surface area contributed by atoms with Gasteiger partial charge in [-0.2, -0.15) is 0 Å². The summed E-state index contributed by atoms with van der Waals surface area (Å²) in [7, 11) is 1.78. The first-order valence-electron chi connectivity index (χ1n) is 8.52. The van der Waals surface area contributed by atoms with Crippen LogP contribution in [0.15, 0.2) is 29.3 Å². The van der Waals surface area contributed by atoms with Crippen LogP contribution in [0, 0.1) is 12.8 Å². The van der Waals surface area contributed by atoms with Gasteiger partial charge in [0.15, 0.2) is 5.96 Å². The number of likely N-dealkylation sites (tertiary alicyclic amines) is 1. The molecule has 1 aliphatic heterocycles. The van der Waals surface area contributed by atoms with Crippen LogP contribution in [-0.2, 0) is 4.79 Å². The molecular formula is C18H28N4O2. The molecule has 0 saturated carbocycles. The minimum atomic E-state index is -0.226. The van der Waals surface area contributed by atoms with Crippen molar-refractivity contribution in [3.8, 4) is 5.75 Å². The van der Waals surface area contributed by atoms with Gasteiger partial charge in [-0.1, -0.05) is 17.7 Å². The van der Waals surface area contributed by atoms with Gasteiger partial charge >= 0.3 is 0 Å². The second-order valence-electron chi connectivity index (χ2n) is 6.26. The number of benzene rings is 1. The number of hydrogen-bond donors (Lipinski definition) is 2. The van der Waals surface area contributed by atoms with Gasteiger partial charge < -0.3 is 20.7 Å². The number of nitrogens with one attached hydrogen (secondary N) is 1. The van der Waals surface area contributed by atoms with Gasteiger partial charge in [-0.25, -0.2) is 0 Å². The Morgan fingerprint density at radius 2 is 2.17 bits per heavy atom. The van der Waals surface area contributed by atoms with E-state index < -0.39 is 0 Å². The highest BCUT2D eigenvalue weighted by molar-refractivity contribution is 5.80. The molecule has 1 atom stereocenters. The molecule has 1 aromatic rings. The SMILES string of the molecule is CN=C(NCCOc1ccc(C)cc1)N1CCCC(CC(N)=O)C1. The van der Waals surface area contributed by atoms with E-state index in [0.717, 1.165) is 37.6 Å². The van der Waals surface area contributed by atoms with E-state index in [9.17, 15) is 4.79 Å². The molecule has 2 rings (SSSR count). The van der Waals surface area contributed by atoms with Crippen LogP contribution in [0.4, 0.5) is 0 Å². The number of piperidine rings is 1. The fraction of sp³-hybridized carbons (Fsp3) is 0.556. The zero-order valence-corrected chi connectivity index (χ0v) is 14.6. The number of aliphatic imine (C=N–C) groups is 1. The van der Waals surface area contributed by atoms with Gasteiger partial charge in [-0.3, -0.25) is 9.79 Å². The topological polar surface area (TPSA) is 80.0 Å². The molecule has 1 aromatic carbocycles. The molecule has 1 unspecified atom stereocenters. The number of hydrogen-bond acceptors (Lipinski definition) is 3. The lowest BCUT2D eigenvalue weighted by atomic mass is 9.95. The van der Waals surface area contributed by atoms with Gasteiger partial charge in [-0.05, 0) is 37.8 Å². The van der Waals surface area contributed by atoms with Crippen LogP contribution in [0.3, 0.4) is 0 Å². The van der Waals surface area contributed by atoms with Crippen molar-refractivity contribution in [3.05, 3.63) is 29.8 Å². The Morgan fingerprint density at radius 1 is 1.42 bits per heavy atom. The van der Waals surface area contributed by atoms with Crippen LogP contribution in [-0.4, -0.2) is 50.1 Å². The Hall–Kier alpha value is -2.24. The summed E-state index contributed by atoms with van der Waals surface area (Å²) in [5.41, 5.74) is 6.54. The van der Waals surface area contributed by atoms with Gasteiger partial charge in [0.1, 0.15) is 12.4 Å². The molecule has 24 heavy (non-hydrogen) atoms. The Morgan fingerprint density at radius 3 is 2.83 bits per heavy atom. The predicted molar refractivity (Wildman–Crippen MR) is 96.1 cm³/mol. The first-order valence-corrected chi connectivity index (χ1v) is 8.52. The lowest BCUT2D eigenvalue weighted by Crippen LogP contribution is -2.48. The van der Waals surface area contributed by atoms with Crippen LogP contribution >= 0.6 is 0 Å². The number of rotatable bonds is 6. The molecule has 1 heterocycles. The largest absolute Gasteiger partial charge is 0.492 e. The number of amides is 1. The molecule has 1 aliphatic rings. The molecule has 132 valence electrons. The van der Waals surface area contributed by atoms with Gasteiger partial charge in [0, 0.05) is 26.6 Å². The summed E-state index contributed by atoms with van der Waals surface area (Å²) >= 11 is 0. The van der Waals surface area contributed by atoms with Crippen molar-refractivity contribution in [2.24, 2.45) is 16.6 Å². The molecule has 6 nitrogen and oxygen atoms in total. The van der Waals surface area contributed by atoms with Gasteiger partial charge in [0.05, 0.1) is 6.54 Å². The maximum absolute atomic E-state index is 11.1. The summed E-state index contributed by atoms with van der Waals surface area (Å²) in [6.45, 7) is 5.08. The quantitative estimate of drug-likeness (QED) is 0.470. The number of ether oxygens (including phenoxy) is 1. The van der Waals surface area contributed by atoms with Crippen molar-refractivity contribution in [1.82, 2.24) is 10.2 Å². The van der Waals surface area contributed by atoms with Crippen LogP contribution in [0.25, 0.3) is 0 Å². The van der Waals surface area contributed by atoms with Gasteiger partial charge in [0.2, 0.25) is 5.91 Å². The number of primary amides is 1. The fourth-order valence-corrected chi connectivity index (χ4v) is 3.01. The number of nitrogens with zero attached hydrogens (tertiary/aromatic N) is 2. The predicted octanol–water partition coefficient (Wildman–Crippen LogP) is 1.54. The number of nitrogens with two attached hydrogens (primary N) is 1. The summed E-state index contributed by atoms with van der Waals surface area (Å²) in [6.07, 6.45) is 2.55. The first-order chi connectivity index (χ1) is 11.6. The first kappa shape index (κ1) is 18.1. The van der Waals surface area contributed by atoms with Crippen molar-refractivity contribution in [3.63, 3.8) is 0 Å². The van der Waals surface area contributed by atoms with E-state index in [2.05, 4.69) is 22.1 Å². The monoisotopic (exact) mass is 332 g/mol. The highest BCUT2D eigenvalue weighted by Crippen LogP contribution is 2.19. The molecule has 0 aliphatic carbocycles. The normalized spacial score (nSPS) is 18.3. The van der Waals surface area contributed by atoms with Crippen molar-refractivity contribution in [2.45, 2.75) is 26.2 Å². The van der Waals surface area contributed by atoms with Crippen molar-refractivity contribution in [1.29, 1.82) is 0 Å². The summed E-state index contributed by atoms with van der Waals surface area (Å²) < 4.78 is 5.72. The third kappa shape index (κ3) is 5.76. The minimum Gasteiger partial charge on any atom is -0.492 e. The van der Waals surface area contributed by atoms with Crippen LogP contribution < -0.4 is 15.8 Å². The van der Waals surface area contributed by atoms with E-state index in [1.54, 1.807) is 7.05 Å². The smallest absolute Gasteiger partial charge is 0.217 e. The lowest BCUT2D eigenvalue weighted by molar-refractivity contribution is -0.119. The standard InChI is InChI=1S/C18H28N4O2/c1-14-5-7-16(8-6-14)24-11-9-21-18(20-2)22-10-3-4-15(13-22)12-17(19)23/h5-8,15H,3-4,9-13H2,1-2H3,(H2,19,23)(H,20,21). The van der Waals surface area contributed by atoms with E-state index in [0.29, 0.717) is 25.5 Å². The molecule has 1 amide bonds.